The van der Waals surface area contributed by atoms with Gasteiger partial charge in [0, 0.05) is 55.3 Å². The van der Waals surface area contributed by atoms with Crippen molar-refractivity contribution in [3.63, 3.8) is 0 Å². The van der Waals surface area contributed by atoms with Crippen molar-refractivity contribution in [2.75, 3.05) is 50.1 Å². The largest absolute Gasteiger partial charge is 0.486 e. The number of nitrogens with one attached hydrogen (secondary N) is 1. The molecule has 1 aromatic heterocycles. The highest BCUT2D eigenvalue weighted by molar-refractivity contribution is 5.95. The van der Waals surface area contributed by atoms with Gasteiger partial charge in [-0.3, -0.25) is 0 Å². The van der Waals surface area contributed by atoms with Crippen molar-refractivity contribution in [1.82, 2.24) is 14.9 Å². The summed E-state index contributed by atoms with van der Waals surface area (Å²) in [5, 5.41) is 3.89. The molecule has 5 rings (SSSR count). The maximum Gasteiger partial charge on any atom is 0.160 e. The summed E-state index contributed by atoms with van der Waals surface area (Å²) in [7, 11) is 2.12. The van der Waals surface area contributed by atoms with Gasteiger partial charge in [-0.15, -0.1) is 0 Å². The van der Waals surface area contributed by atoms with Gasteiger partial charge in [0.05, 0.1) is 24.4 Å². The maximum atomic E-state index is 13.7. The number of piperazine rings is 1. The van der Waals surface area contributed by atoms with Crippen LogP contribution >= 0.6 is 0 Å². The average Bonchev–Trinajstić information content (AvgIpc) is 3.30. The highest BCUT2D eigenvalue weighted by atomic mass is 19.2. The lowest BCUT2D eigenvalue weighted by molar-refractivity contribution is 0.141. The Bertz CT molecular complexity index is 1160. The molecule has 0 saturated carbocycles. The minimum atomic E-state index is -0.917. The van der Waals surface area contributed by atoms with Crippen LogP contribution in [0.4, 0.5) is 26.0 Å². The Balaban J connectivity index is 1.56. The van der Waals surface area contributed by atoms with Gasteiger partial charge in [0.15, 0.2) is 11.6 Å². The fraction of sp³-hybridized carbons (Fsp3) is 0.417. The second-order valence-electron chi connectivity index (χ2n) is 8.72. The SMILES string of the molecule is C[C@@H]1CN(C)CCN1c1cc2c(Nc3ccc(F)c(F)c3)ncnc2cc1O[C@@H]1CCOC1. The van der Waals surface area contributed by atoms with Crippen molar-refractivity contribution in [2.24, 2.45) is 0 Å². The fourth-order valence-corrected chi connectivity index (χ4v) is 4.48. The van der Waals surface area contributed by atoms with Gasteiger partial charge in [0.25, 0.3) is 0 Å². The van der Waals surface area contributed by atoms with Crippen LogP contribution in [0, 0.1) is 11.6 Å². The lowest BCUT2D eigenvalue weighted by atomic mass is 10.1. The molecular formula is C24H27F2N5O2. The molecule has 2 saturated heterocycles. The highest BCUT2D eigenvalue weighted by Gasteiger charge is 2.27. The monoisotopic (exact) mass is 455 g/mol. The van der Waals surface area contributed by atoms with Crippen LogP contribution < -0.4 is 15.0 Å². The van der Waals surface area contributed by atoms with Crippen molar-refractivity contribution in [3.8, 4) is 5.75 Å². The zero-order valence-corrected chi connectivity index (χ0v) is 18.7. The molecule has 0 aliphatic carbocycles. The summed E-state index contributed by atoms with van der Waals surface area (Å²) in [6.45, 7) is 6.21. The van der Waals surface area contributed by atoms with Gasteiger partial charge in [-0.2, -0.15) is 0 Å². The maximum absolute atomic E-state index is 13.7. The minimum absolute atomic E-state index is 0.00518. The Kier molecular flexibility index (Phi) is 5.99. The van der Waals surface area contributed by atoms with Gasteiger partial charge in [-0.05, 0) is 32.2 Å². The number of hydrogen-bond acceptors (Lipinski definition) is 7. The number of benzene rings is 2. The molecule has 3 heterocycles. The van der Waals surface area contributed by atoms with Gasteiger partial charge < -0.3 is 24.6 Å². The Hall–Kier alpha value is -3.04. The van der Waals surface area contributed by atoms with E-state index in [1.165, 1.54) is 12.4 Å². The third-order valence-electron chi connectivity index (χ3n) is 6.22. The number of likely N-dealkylation sites (N-methyl/N-ethyl adjacent to an activating group) is 1. The van der Waals surface area contributed by atoms with E-state index in [9.17, 15) is 8.78 Å². The molecule has 174 valence electrons. The second-order valence-corrected chi connectivity index (χ2v) is 8.72. The first-order chi connectivity index (χ1) is 16.0. The first kappa shape index (κ1) is 21.8. The lowest BCUT2D eigenvalue weighted by Crippen LogP contribution is -2.50. The molecule has 7 nitrogen and oxygen atoms in total. The van der Waals surface area contributed by atoms with E-state index >= 15 is 0 Å². The third-order valence-corrected chi connectivity index (χ3v) is 6.22. The van der Waals surface area contributed by atoms with Gasteiger partial charge in [0.2, 0.25) is 0 Å². The molecular weight excluding hydrogens is 428 g/mol. The van der Waals surface area contributed by atoms with Crippen LogP contribution in [0.2, 0.25) is 0 Å². The molecule has 33 heavy (non-hydrogen) atoms. The molecule has 3 aromatic rings. The van der Waals surface area contributed by atoms with Crippen LogP contribution in [0.15, 0.2) is 36.7 Å². The summed E-state index contributed by atoms with van der Waals surface area (Å²) in [5.74, 6) is -0.520. The first-order valence-corrected chi connectivity index (χ1v) is 11.2. The van der Waals surface area contributed by atoms with E-state index in [2.05, 4.69) is 39.1 Å². The summed E-state index contributed by atoms with van der Waals surface area (Å²) in [6.07, 6.45) is 2.30. The molecule has 9 heteroatoms. The van der Waals surface area contributed by atoms with E-state index in [0.29, 0.717) is 30.2 Å². The number of ether oxygens (including phenoxy) is 2. The topological polar surface area (TPSA) is 62.8 Å². The molecule has 0 bridgehead atoms. The lowest BCUT2D eigenvalue weighted by Gasteiger charge is -2.40. The number of nitrogens with zero attached hydrogens (tertiary/aromatic N) is 4. The van der Waals surface area contributed by atoms with E-state index in [1.54, 1.807) is 0 Å². The van der Waals surface area contributed by atoms with Crippen molar-refractivity contribution in [3.05, 3.63) is 48.3 Å². The van der Waals surface area contributed by atoms with E-state index < -0.39 is 11.6 Å². The second kappa shape index (κ2) is 9.07. The quantitative estimate of drug-likeness (QED) is 0.625. The number of aromatic nitrogens is 2. The predicted octanol–water partition coefficient (Wildman–Crippen LogP) is 3.96. The van der Waals surface area contributed by atoms with Crippen molar-refractivity contribution < 1.29 is 18.3 Å². The zero-order valence-electron chi connectivity index (χ0n) is 18.7. The summed E-state index contributed by atoms with van der Waals surface area (Å²) in [5.41, 5.74) is 2.08. The molecule has 0 unspecified atom stereocenters. The van der Waals surface area contributed by atoms with Crippen molar-refractivity contribution >= 4 is 28.1 Å². The molecule has 2 atom stereocenters. The van der Waals surface area contributed by atoms with E-state index in [4.69, 9.17) is 9.47 Å². The third kappa shape index (κ3) is 4.56. The van der Waals surface area contributed by atoms with Crippen LogP contribution in [-0.4, -0.2) is 66.9 Å². The zero-order chi connectivity index (χ0) is 22.9. The molecule has 2 aliphatic rings. The van der Waals surface area contributed by atoms with E-state index in [-0.39, 0.29) is 12.1 Å². The number of rotatable bonds is 5. The molecule has 2 aliphatic heterocycles. The van der Waals surface area contributed by atoms with Crippen LogP contribution in [0.25, 0.3) is 10.9 Å². The van der Waals surface area contributed by atoms with Crippen LogP contribution in [0.3, 0.4) is 0 Å². The van der Waals surface area contributed by atoms with Gasteiger partial charge >= 0.3 is 0 Å². The van der Waals surface area contributed by atoms with E-state index in [1.807, 2.05) is 12.1 Å². The summed E-state index contributed by atoms with van der Waals surface area (Å²) in [6, 6.07) is 7.94. The number of hydrogen-bond donors (Lipinski definition) is 1. The normalized spacial score (nSPS) is 21.5. The van der Waals surface area contributed by atoms with Gasteiger partial charge in [-0.1, -0.05) is 0 Å². The van der Waals surface area contributed by atoms with Crippen LogP contribution in [0.1, 0.15) is 13.3 Å². The molecule has 0 radical (unpaired) electrons. The molecule has 2 aromatic carbocycles. The Labute approximate surface area is 191 Å². The standard InChI is InChI=1S/C24H27F2N5O2/c1-15-12-30(2)6-7-31(15)22-10-18-21(11-23(22)33-17-5-8-32-13-17)27-14-28-24(18)29-16-3-4-19(25)20(26)9-16/h3-4,9-11,14-15,17H,5-8,12-13H2,1-2H3,(H,27,28,29)/t15-,17-/m1/s1. The first-order valence-electron chi connectivity index (χ1n) is 11.2. The average molecular weight is 456 g/mol. The summed E-state index contributed by atoms with van der Waals surface area (Å²) in [4.78, 5) is 13.5. The molecule has 0 amide bonds. The van der Waals surface area contributed by atoms with Gasteiger partial charge in [0.1, 0.15) is 24.0 Å². The molecule has 0 spiro atoms. The summed E-state index contributed by atoms with van der Waals surface area (Å²) >= 11 is 0. The van der Waals surface area contributed by atoms with Gasteiger partial charge in [-0.25, -0.2) is 18.7 Å². The minimum Gasteiger partial charge on any atom is -0.486 e. The Morgan fingerprint density at radius 1 is 1.12 bits per heavy atom. The highest BCUT2D eigenvalue weighted by Crippen LogP contribution is 2.38. The Morgan fingerprint density at radius 2 is 2.00 bits per heavy atom. The predicted molar refractivity (Wildman–Crippen MR) is 123 cm³/mol. The smallest absolute Gasteiger partial charge is 0.160 e. The number of anilines is 3. The van der Waals surface area contributed by atoms with Crippen molar-refractivity contribution in [1.29, 1.82) is 0 Å². The Morgan fingerprint density at radius 3 is 2.76 bits per heavy atom. The fourth-order valence-electron chi connectivity index (χ4n) is 4.48. The van der Waals surface area contributed by atoms with Crippen molar-refractivity contribution in [2.45, 2.75) is 25.5 Å². The molecule has 2 fully saturated rings. The molecule has 1 N–H and O–H groups in total. The number of halogens is 2. The van der Waals surface area contributed by atoms with Crippen LogP contribution in [0.5, 0.6) is 5.75 Å². The summed E-state index contributed by atoms with van der Waals surface area (Å²) < 4.78 is 39.0. The number of fused-ring (bicyclic) bond motifs is 1. The van der Waals surface area contributed by atoms with E-state index in [0.717, 1.165) is 55.0 Å². The van der Waals surface area contributed by atoms with Crippen LogP contribution in [-0.2, 0) is 4.74 Å².